The molecule has 0 aliphatic carbocycles. The maximum absolute atomic E-state index is 5.57. The molecule has 0 saturated carbocycles. The first kappa shape index (κ1) is 10.7. The molecular weight excluding hydrogens is 248 g/mol. The summed E-state index contributed by atoms with van der Waals surface area (Å²) in [5.74, 6) is 6.33. The van der Waals surface area contributed by atoms with Crippen LogP contribution < -0.4 is 0 Å². The van der Waals surface area contributed by atoms with Crippen molar-refractivity contribution in [1.29, 1.82) is 0 Å². The van der Waals surface area contributed by atoms with Crippen LogP contribution in [0, 0.1) is 11.8 Å². The van der Waals surface area contributed by atoms with E-state index in [1.807, 2.05) is 11.3 Å². The van der Waals surface area contributed by atoms with Crippen molar-refractivity contribution >= 4 is 43.1 Å². The molecule has 0 bridgehead atoms. The first-order chi connectivity index (χ1) is 8.38. The highest BCUT2D eigenvalue weighted by molar-refractivity contribution is 7.25. The van der Waals surface area contributed by atoms with Gasteiger partial charge in [0.05, 0.1) is 5.88 Å². The van der Waals surface area contributed by atoms with Crippen LogP contribution in [0.3, 0.4) is 0 Å². The number of thiophene rings is 1. The molecule has 0 N–H and O–H groups in total. The van der Waals surface area contributed by atoms with Crippen LogP contribution in [-0.2, 0) is 0 Å². The highest BCUT2D eigenvalue weighted by Crippen LogP contribution is 2.33. The van der Waals surface area contributed by atoms with Crippen LogP contribution in [-0.4, -0.2) is 5.88 Å². The molecule has 0 atom stereocenters. The third-order valence-corrected chi connectivity index (χ3v) is 3.96. The highest BCUT2D eigenvalue weighted by Gasteiger charge is 2.03. The van der Waals surface area contributed by atoms with Crippen LogP contribution in [0.15, 0.2) is 42.5 Å². The van der Waals surface area contributed by atoms with Crippen LogP contribution in [0.1, 0.15) is 5.56 Å². The van der Waals surface area contributed by atoms with Gasteiger partial charge >= 0.3 is 0 Å². The summed E-state index contributed by atoms with van der Waals surface area (Å²) in [6.45, 7) is 0. The van der Waals surface area contributed by atoms with Crippen LogP contribution in [0.2, 0.25) is 0 Å². The summed E-state index contributed by atoms with van der Waals surface area (Å²) in [6, 6.07) is 14.8. The zero-order valence-electron chi connectivity index (χ0n) is 9.03. The van der Waals surface area contributed by atoms with Gasteiger partial charge in [-0.15, -0.1) is 22.9 Å². The van der Waals surface area contributed by atoms with Gasteiger partial charge in [0.2, 0.25) is 0 Å². The molecule has 0 unspecified atom stereocenters. The van der Waals surface area contributed by atoms with Gasteiger partial charge in [-0.3, -0.25) is 0 Å². The standard InChI is InChI=1S/C15H9ClS/c16-9-3-4-11-7-8-15-13(10-11)12-5-1-2-6-14(12)17-15/h1-2,5-8,10H,9H2. The number of hydrogen-bond donors (Lipinski definition) is 0. The van der Waals surface area contributed by atoms with Gasteiger partial charge in [0.1, 0.15) is 0 Å². The molecule has 0 nitrogen and oxygen atoms in total. The van der Waals surface area contributed by atoms with Crippen molar-refractivity contribution < 1.29 is 0 Å². The van der Waals surface area contributed by atoms with Gasteiger partial charge in [-0.05, 0) is 24.3 Å². The van der Waals surface area contributed by atoms with E-state index < -0.39 is 0 Å². The summed E-state index contributed by atoms with van der Waals surface area (Å²) in [5.41, 5.74) is 1.03. The van der Waals surface area contributed by atoms with E-state index in [0.29, 0.717) is 5.88 Å². The minimum atomic E-state index is 0.377. The molecule has 1 heterocycles. The molecule has 0 aliphatic heterocycles. The van der Waals surface area contributed by atoms with Gasteiger partial charge in [-0.2, -0.15) is 0 Å². The molecule has 0 spiro atoms. The van der Waals surface area contributed by atoms with Crippen LogP contribution in [0.25, 0.3) is 20.2 Å². The predicted molar refractivity (Wildman–Crippen MR) is 76.9 cm³/mol. The molecule has 2 heteroatoms. The molecule has 2 aromatic carbocycles. The number of alkyl halides is 1. The zero-order valence-corrected chi connectivity index (χ0v) is 10.6. The average molecular weight is 257 g/mol. The van der Waals surface area contributed by atoms with E-state index in [2.05, 4.69) is 54.3 Å². The van der Waals surface area contributed by atoms with Crippen LogP contribution in [0.5, 0.6) is 0 Å². The van der Waals surface area contributed by atoms with E-state index in [4.69, 9.17) is 11.6 Å². The van der Waals surface area contributed by atoms with Crippen molar-refractivity contribution in [3.05, 3.63) is 48.0 Å². The Bertz CT molecular complexity index is 744. The maximum Gasteiger partial charge on any atom is 0.0839 e. The first-order valence-corrected chi connectivity index (χ1v) is 6.70. The first-order valence-electron chi connectivity index (χ1n) is 5.34. The summed E-state index contributed by atoms with van der Waals surface area (Å²) in [7, 11) is 0. The number of benzene rings is 2. The summed E-state index contributed by atoms with van der Waals surface area (Å²) < 4.78 is 2.63. The normalized spacial score (nSPS) is 10.4. The van der Waals surface area contributed by atoms with Gasteiger partial charge in [-0.1, -0.05) is 30.0 Å². The highest BCUT2D eigenvalue weighted by atomic mass is 35.5. The Hall–Kier alpha value is -1.49. The molecule has 0 radical (unpaired) electrons. The van der Waals surface area contributed by atoms with Gasteiger partial charge in [0, 0.05) is 25.7 Å². The zero-order chi connectivity index (χ0) is 11.7. The minimum Gasteiger partial charge on any atom is -0.135 e. The number of fused-ring (bicyclic) bond motifs is 3. The van der Waals surface area contributed by atoms with Gasteiger partial charge in [0.25, 0.3) is 0 Å². The largest absolute Gasteiger partial charge is 0.135 e. The van der Waals surface area contributed by atoms with E-state index in [0.717, 1.165) is 5.56 Å². The van der Waals surface area contributed by atoms with E-state index in [1.54, 1.807) is 0 Å². The van der Waals surface area contributed by atoms with Crippen molar-refractivity contribution in [1.82, 2.24) is 0 Å². The molecular formula is C15H9ClS. The van der Waals surface area contributed by atoms with Crippen molar-refractivity contribution in [2.45, 2.75) is 0 Å². The van der Waals surface area contributed by atoms with Gasteiger partial charge in [0.15, 0.2) is 0 Å². The third kappa shape index (κ3) is 1.91. The van der Waals surface area contributed by atoms with E-state index in [9.17, 15) is 0 Å². The fourth-order valence-electron chi connectivity index (χ4n) is 1.94. The van der Waals surface area contributed by atoms with Gasteiger partial charge < -0.3 is 0 Å². The van der Waals surface area contributed by atoms with Gasteiger partial charge in [-0.25, -0.2) is 0 Å². The summed E-state index contributed by atoms with van der Waals surface area (Å²) in [6.07, 6.45) is 0. The third-order valence-electron chi connectivity index (χ3n) is 2.68. The Labute approximate surface area is 109 Å². The Morgan fingerprint density at radius 3 is 2.71 bits per heavy atom. The predicted octanol–water partition coefficient (Wildman–Crippen LogP) is 4.64. The maximum atomic E-state index is 5.57. The van der Waals surface area contributed by atoms with Crippen molar-refractivity contribution in [2.75, 3.05) is 5.88 Å². The quantitative estimate of drug-likeness (QED) is 0.406. The van der Waals surface area contributed by atoms with Crippen molar-refractivity contribution in [3.63, 3.8) is 0 Å². The number of halogens is 1. The van der Waals surface area contributed by atoms with E-state index in [1.165, 1.54) is 20.2 Å². The Kier molecular flexibility index (Phi) is 2.76. The lowest BCUT2D eigenvalue weighted by atomic mass is 10.1. The lowest BCUT2D eigenvalue weighted by Gasteiger charge is -1.93. The Morgan fingerprint density at radius 2 is 1.82 bits per heavy atom. The Morgan fingerprint density at radius 1 is 1.00 bits per heavy atom. The van der Waals surface area contributed by atoms with Crippen LogP contribution in [0.4, 0.5) is 0 Å². The molecule has 3 rings (SSSR count). The molecule has 1 aromatic heterocycles. The fourth-order valence-corrected chi connectivity index (χ4v) is 3.09. The minimum absolute atomic E-state index is 0.377. The van der Waals surface area contributed by atoms with Crippen LogP contribution >= 0.6 is 22.9 Å². The van der Waals surface area contributed by atoms with E-state index >= 15 is 0 Å². The molecule has 3 aromatic rings. The fraction of sp³-hybridized carbons (Fsp3) is 0.0667. The molecule has 0 saturated heterocycles. The Balaban J connectivity index is 2.30. The molecule has 0 amide bonds. The van der Waals surface area contributed by atoms with Crippen molar-refractivity contribution in [2.24, 2.45) is 0 Å². The van der Waals surface area contributed by atoms with E-state index in [-0.39, 0.29) is 0 Å². The average Bonchev–Trinajstić information content (AvgIpc) is 2.74. The topological polar surface area (TPSA) is 0 Å². The lowest BCUT2D eigenvalue weighted by Crippen LogP contribution is -1.74. The second kappa shape index (κ2) is 4.41. The van der Waals surface area contributed by atoms with Crippen molar-refractivity contribution in [3.8, 4) is 11.8 Å². The number of rotatable bonds is 0. The molecule has 0 aliphatic rings. The second-order valence-electron chi connectivity index (χ2n) is 3.74. The lowest BCUT2D eigenvalue weighted by molar-refractivity contribution is 1.74. The SMILES string of the molecule is ClCC#Cc1ccc2sc3ccccc3c2c1. The summed E-state index contributed by atoms with van der Waals surface area (Å²) >= 11 is 7.39. The number of hydrogen-bond acceptors (Lipinski definition) is 1. The summed E-state index contributed by atoms with van der Waals surface area (Å²) in [4.78, 5) is 0. The molecule has 17 heavy (non-hydrogen) atoms. The molecule has 82 valence electrons. The monoisotopic (exact) mass is 256 g/mol. The summed E-state index contributed by atoms with van der Waals surface area (Å²) in [5, 5.41) is 2.59. The molecule has 0 fully saturated rings. The second-order valence-corrected chi connectivity index (χ2v) is 5.10. The smallest absolute Gasteiger partial charge is 0.0839 e.